The van der Waals surface area contributed by atoms with Crippen LogP contribution in [0, 0.1) is 5.82 Å². The molecule has 1 aliphatic heterocycles. The van der Waals surface area contributed by atoms with Crippen LogP contribution in [0.2, 0.25) is 0 Å². The number of carbonyl (C=O) groups excluding carboxylic acids is 2. The van der Waals surface area contributed by atoms with E-state index in [0.717, 1.165) is 6.07 Å². The summed E-state index contributed by atoms with van der Waals surface area (Å²) < 4.78 is 18.8. The molecule has 0 bridgehead atoms. The minimum Gasteiger partial charge on any atom is -0.443 e. The summed E-state index contributed by atoms with van der Waals surface area (Å²) in [4.78, 5) is 28.8. The van der Waals surface area contributed by atoms with Crippen molar-refractivity contribution in [1.82, 2.24) is 5.48 Å². The zero-order valence-electron chi connectivity index (χ0n) is 10.8. The Morgan fingerprint density at radius 2 is 2.40 bits per heavy atom. The molecule has 2 rings (SSSR count). The molecule has 1 aromatic carbocycles. The van der Waals surface area contributed by atoms with Crippen molar-refractivity contribution in [3.8, 4) is 0 Å². The van der Waals surface area contributed by atoms with Crippen molar-refractivity contribution < 1.29 is 23.6 Å². The molecule has 2 amide bonds. The minimum absolute atomic E-state index is 0.182. The summed E-state index contributed by atoms with van der Waals surface area (Å²) in [5, 5.41) is 0. The van der Waals surface area contributed by atoms with Gasteiger partial charge >= 0.3 is 6.09 Å². The van der Waals surface area contributed by atoms with Gasteiger partial charge in [0.1, 0.15) is 11.9 Å². The van der Waals surface area contributed by atoms with Gasteiger partial charge in [-0.3, -0.25) is 14.5 Å². The second-order valence-corrected chi connectivity index (χ2v) is 4.15. The third-order valence-electron chi connectivity index (χ3n) is 2.84. The molecule has 0 saturated carbocycles. The average molecular weight is 283 g/mol. The number of hydrogen-bond donors (Lipinski definition) is 2. The number of carbonyl (C=O) groups is 2. The number of hydrogen-bond acceptors (Lipinski definition) is 5. The lowest BCUT2D eigenvalue weighted by Gasteiger charge is -2.14. The highest BCUT2D eigenvalue weighted by Crippen LogP contribution is 2.23. The van der Waals surface area contributed by atoms with E-state index in [-0.39, 0.29) is 18.7 Å². The van der Waals surface area contributed by atoms with E-state index in [1.165, 1.54) is 24.1 Å². The number of halogens is 1. The Morgan fingerprint density at radius 1 is 1.65 bits per heavy atom. The highest BCUT2D eigenvalue weighted by molar-refractivity contribution is 5.95. The van der Waals surface area contributed by atoms with Crippen LogP contribution in [0.15, 0.2) is 18.2 Å². The van der Waals surface area contributed by atoms with Crippen LogP contribution in [0.25, 0.3) is 0 Å². The van der Waals surface area contributed by atoms with Crippen LogP contribution in [-0.4, -0.2) is 38.3 Å². The van der Waals surface area contributed by atoms with E-state index >= 15 is 0 Å². The number of benzene rings is 1. The SMILES string of the molecule is CONC(=O)c1ccc(N2C[C@H](CN)OC2=O)cc1F. The lowest BCUT2D eigenvalue weighted by atomic mass is 10.1. The summed E-state index contributed by atoms with van der Waals surface area (Å²) in [6.07, 6.45) is -1.00. The lowest BCUT2D eigenvalue weighted by Crippen LogP contribution is -2.28. The normalized spacial score (nSPS) is 18.1. The highest BCUT2D eigenvalue weighted by Gasteiger charge is 2.31. The molecule has 0 radical (unpaired) electrons. The smallest absolute Gasteiger partial charge is 0.414 e. The van der Waals surface area contributed by atoms with Gasteiger partial charge < -0.3 is 10.5 Å². The zero-order valence-corrected chi connectivity index (χ0v) is 10.8. The highest BCUT2D eigenvalue weighted by atomic mass is 19.1. The number of nitrogens with two attached hydrogens (primary N) is 1. The molecule has 0 aromatic heterocycles. The molecule has 0 spiro atoms. The van der Waals surface area contributed by atoms with Gasteiger partial charge in [0, 0.05) is 6.54 Å². The number of nitrogens with one attached hydrogen (secondary N) is 1. The van der Waals surface area contributed by atoms with E-state index in [4.69, 9.17) is 10.5 Å². The Labute approximate surface area is 114 Å². The van der Waals surface area contributed by atoms with Crippen LogP contribution in [-0.2, 0) is 9.57 Å². The molecule has 1 atom stereocenters. The summed E-state index contributed by atoms with van der Waals surface area (Å²) in [5.41, 5.74) is 7.56. The summed E-state index contributed by atoms with van der Waals surface area (Å²) in [6, 6.07) is 3.81. The van der Waals surface area contributed by atoms with E-state index in [0.29, 0.717) is 5.69 Å². The first-order valence-corrected chi connectivity index (χ1v) is 5.88. The second-order valence-electron chi connectivity index (χ2n) is 4.15. The molecule has 7 nitrogen and oxygen atoms in total. The van der Waals surface area contributed by atoms with Gasteiger partial charge in [-0.1, -0.05) is 0 Å². The molecule has 1 aliphatic rings. The van der Waals surface area contributed by atoms with Gasteiger partial charge in [-0.05, 0) is 18.2 Å². The fourth-order valence-corrected chi connectivity index (χ4v) is 1.86. The lowest BCUT2D eigenvalue weighted by molar-refractivity contribution is 0.0533. The van der Waals surface area contributed by atoms with Crippen molar-refractivity contribution in [1.29, 1.82) is 0 Å². The van der Waals surface area contributed by atoms with E-state index in [2.05, 4.69) is 4.84 Å². The van der Waals surface area contributed by atoms with Crippen LogP contribution in [0.1, 0.15) is 10.4 Å². The first-order chi connectivity index (χ1) is 9.56. The molecular weight excluding hydrogens is 269 g/mol. The van der Waals surface area contributed by atoms with Gasteiger partial charge in [-0.25, -0.2) is 14.7 Å². The fraction of sp³-hybridized carbons (Fsp3) is 0.333. The fourth-order valence-electron chi connectivity index (χ4n) is 1.86. The Hall–Kier alpha value is -2.19. The van der Waals surface area contributed by atoms with Crippen molar-refractivity contribution >= 4 is 17.7 Å². The quantitative estimate of drug-likeness (QED) is 0.780. The molecule has 0 aliphatic carbocycles. The maximum atomic E-state index is 13.9. The van der Waals surface area contributed by atoms with E-state index < -0.39 is 23.9 Å². The largest absolute Gasteiger partial charge is 0.443 e. The summed E-state index contributed by atoms with van der Waals surface area (Å²) in [7, 11) is 1.25. The Bertz CT molecular complexity index is 537. The Balaban J connectivity index is 2.21. The average Bonchev–Trinajstić information content (AvgIpc) is 2.80. The zero-order chi connectivity index (χ0) is 14.7. The molecule has 1 saturated heterocycles. The van der Waals surface area contributed by atoms with Crippen molar-refractivity contribution in [2.24, 2.45) is 5.73 Å². The van der Waals surface area contributed by atoms with Crippen molar-refractivity contribution in [2.75, 3.05) is 25.1 Å². The Morgan fingerprint density at radius 3 is 2.95 bits per heavy atom. The monoisotopic (exact) mass is 283 g/mol. The number of rotatable bonds is 4. The maximum absolute atomic E-state index is 13.9. The number of nitrogens with zero attached hydrogens (tertiary/aromatic N) is 1. The number of anilines is 1. The van der Waals surface area contributed by atoms with Gasteiger partial charge in [0.25, 0.3) is 5.91 Å². The molecule has 108 valence electrons. The predicted molar refractivity (Wildman–Crippen MR) is 67.5 cm³/mol. The summed E-state index contributed by atoms with van der Waals surface area (Å²) >= 11 is 0. The van der Waals surface area contributed by atoms with Crippen LogP contribution < -0.4 is 16.1 Å². The second kappa shape index (κ2) is 5.85. The van der Waals surface area contributed by atoms with E-state index in [1.54, 1.807) is 0 Å². The molecule has 1 aromatic rings. The topological polar surface area (TPSA) is 93.9 Å². The number of hydroxylamine groups is 1. The van der Waals surface area contributed by atoms with Gasteiger partial charge in [-0.15, -0.1) is 0 Å². The standard InChI is InChI=1S/C12H14FN3O4/c1-19-15-11(17)9-3-2-7(4-10(9)13)16-6-8(5-14)20-12(16)18/h2-4,8H,5-6,14H2,1H3,(H,15,17)/t8-/m0/s1. The summed E-state index contributed by atoms with van der Waals surface area (Å²) in [6.45, 7) is 0.442. The van der Waals surface area contributed by atoms with Gasteiger partial charge in [0.05, 0.1) is 24.9 Å². The minimum atomic E-state index is -0.763. The van der Waals surface area contributed by atoms with Crippen LogP contribution in [0.4, 0.5) is 14.9 Å². The van der Waals surface area contributed by atoms with Crippen LogP contribution in [0.3, 0.4) is 0 Å². The van der Waals surface area contributed by atoms with E-state index in [1.807, 2.05) is 5.48 Å². The maximum Gasteiger partial charge on any atom is 0.414 e. The van der Waals surface area contributed by atoms with Gasteiger partial charge in [-0.2, -0.15) is 0 Å². The molecule has 20 heavy (non-hydrogen) atoms. The third-order valence-corrected chi connectivity index (χ3v) is 2.84. The van der Waals surface area contributed by atoms with Crippen molar-refractivity contribution in [3.05, 3.63) is 29.6 Å². The number of cyclic esters (lactones) is 1. The molecule has 8 heteroatoms. The number of amides is 2. The molecule has 3 N–H and O–H groups in total. The number of ether oxygens (including phenoxy) is 1. The Kier molecular flexibility index (Phi) is 4.16. The van der Waals surface area contributed by atoms with Crippen LogP contribution in [0.5, 0.6) is 0 Å². The van der Waals surface area contributed by atoms with Gasteiger partial charge in [0.15, 0.2) is 0 Å². The summed E-state index contributed by atoms with van der Waals surface area (Å²) in [5.74, 6) is -1.47. The van der Waals surface area contributed by atoms with Crippen molar-refractivity contribution in [3.63, 3.8) is 0 Å². The first kappa shape index (κ1) is 14.2. The third kappa shape index (κ3) is 2.70. The van der Waals surface area contributed by atoms with E-state index in [9.17, 15) is 14.0 Å². The first-order valence-electron chi connectivity index (χ1n) is 5.88. The molecular formula is C12H14FN3O4. The molecule has 1 heterocycles. The molecule has 1 fully saturated rings. The van der Waals surface area contributed by atoms with Crippen LogP contribution >= 0.6 is 0 Å². The predicted octanol–water partition coefficient (Wildman–Crippen LogP) is 0.401. The molecule has 0 unspecified atom stereocenters. The van der Waals surface area contributed by atoms with Gasteiger partial charge in [0.2, 0.25) is 0 Å². The van der Waals surface area contributed by atoms with Crippen molar-refractivity contribution in [2.45, 2.75) is 6.10 Å².